The maximum atomic E-state index is 12.0. The van der Waals surface area contributed by atoms with Gasteiger partial charge in [-0.25, -0.2) is 4.79 Å². The number of allylic oxidation sites excluding steroid dienone is 4. The third-order valence-corrected chi connectivity index (χ3v) is 4.64. The molecule has 0 spiro atoms. The summed E-state index contributed by atoms with van der Waals surface area (Å²) in [4.78, 5) is 43.6. The molecule has 7 heteroatoms. The van der Waals surface area contributed by atoms with E-state index in [1.165, 1.54) is 11.9 Å². The molecular weight excluding hydrogens is 358 g/mol. The van der Waals surface area contributed by atoms with E-state index in [1.807, 2.05) is 12.2 Å². The van der Waals surface area contributed by atoms with Crippen LogP contribution in [0.5, 0.6) is 0 Å². The van der Waals surface area contributed by atoms with Crippen molar-refractivity contribution in [2.24, 2.45) is 0 Å². The van der Waals surface area contributed by atoms with Crippen molar-refractivity contribution < 1.29 is 19.2 Å². The Hall–Kier alpha value is -2.41. The number of carbonyl (C=O) groups is 3. The number of nitrogens with zero attached hydrogens (tertiary/aromatic N) is 3. The molecule has 0 bridgehead atoms. The van der Waals surface area contributed by atoms with Crippen molar-refractivity contribution in [1.29, 1.82) is 0 Å². The fraction of sp³-hybridized carbons (Fsp3) is 0.571. The normalized spacial score (nSPS) is 15.0. The fourth-order valence-corrected chi connectivity index (χ4v) is 2.82. The highest BCUT2D eigenvalue weighted by Gasteiger charge is 2.33. The van der Waals surface area contributed by atoms with Crippen LogP contribution in [0, 0.1) is 0 Å². The molecule has 1 aliphatic heterocycles. The Morgan fingerprint density at radius 3 is 2.36 bits per heavy atom. The van der Waals surface area contributed by atoms with E-state index in [0.29, 0.717) is 5.06 Å². The van der Waals surface area contributed by atoms with Gasteiger partial charge < -0.3 is 9.74 Å². The minimum absolute atomic E-state index is 0.0756. The average molecular weight is 392 g/mol. The Morgan fingerprint density at radius 2 is 1.79 bits per heavy atom. The average Bonchev–Trinajstić information content (AvgIpc) is 3.00. The number of hydroxylamine groups is 2. The summed E-state index contributed by atoms with van der Waals surface area (Å²) < 4.78 is 0. The minimum atomic E-state index is -0.781. The Balaban J connectivity index is 2.44. The molecule has 7 nitrogen and oxygen atoms in total. The first kappa shape index (κ1) is 23.6. The summed E-state index contributed by atoms with van der Waals surface area (Å²) in [6.45, 7) is 11.4. The number of imide groups is 1. The van der Waals surface area contributed by atoms with Crippen molar-refractivity contribution in [3.8, 4) is 0 Å². The first-order valence-corrected chi connectivity index (χ1v) is 9.95. The van der Waals surface area contributed by atoms with Gasteiger partial charge in [0.1, 0.15) is 0 Å². The van der Waals surface area contributed by atoms with Gasteiger partial charge in [-0.15, -0.1) is 5.06 Å². The lowest BCUT2D eigenvalue weighted by molar-refractivity contribution is -0.172. The van der Waals surface area contributed by atoms with Crippen LogP contribution in [0.15, 0.2) is 36.6 Å². The lowest BCUT2D eigenvalue weighted by Crippen LogP contribution is -2.36. The van der Waals surface area contributed by atoms with E-state index in [1.54, 1.807) is 12.3 Å². The maximum absolute atomic E-state index is 12.0. The van der Waals surface area contributed by atoms with E-state index in [4.69, 9.17) is 4.84 Å². The molecule has 0 aliphatic carbocycles. The summed E-state index contributed by atoms with van der Waals surface area (Å²) >= 11 is 0. The highest BCUT2D eigenvalue weighted by molar-refractivity contribution is 6.01. The molecule has 0 radical (unpaired) electrons. The third kappa shape index (κ3) is 8.08. The van der Waals surface area contributed by atoms with Crippen LogP contribution in [0.25, 0.3) is 0 Å². The fourth-order valence-electron chi connectivity index (χ4n) is 2.82. The van der Waals surface area contributed by atoms with E-state index < -0.39 is 17.9 Å². The molecule has 1 fully saturated rings. The largest absolute Gasteiger partial charge is 0.438 e. The van der Waals surface area contributed by atoms with Crippen LogP contribution in [-0.2, 0) is 14.4 Å². The van der Waals surface area contributed by atoms with Crippen molar-refractivity contribution in [3.63, 3.8) is 0 Å². The summed E-state index contributed by atoms with van der Waals surface area (Å²) in [5, 5.41) is 0.545. The van der Waals surface area contributed by atoms with Gasteiger partial charge in [0.05, 0.1) is 0 Å². The highest BCUT2D eigenvalue weighted by Crippen LogP contribution is 2.14. The van der Waals surface area contributed by atoms with Gasteiger partial charge in [-0.2, -0.15) is 0 Å². The zero-order valence-corrected chi connectivity index (χ0v) is 17.4. The summed E-state index contributed by atoms with van der Waals surface area (Å²) in [7, 11) is 1.51. The van der Waals surface area contributed by atoms with Gasteiger partial charge in [0.15, 0.2) is 0 Å². The van der Waals surface area contributed by atoms with Gasteiger partial charge in [-0.3, -0.25) is 14.5 Å². The summed E-state index contributed by atoms with van der Waals surface area (Å²) in [6.07, 6.45) is 10.6. The second kappa shape index (κ2) is 12.9. The van der Waals surface area contributed by atoms with E-state index in [2.05, 4.69) is 25.3 Å². The molecule has 0 aromatic rings. The topological polar surface area (TPSA) is 70.2 Å². The summed E-state index contributed by atoms with van der Waals surface area (Å²) in [6, 6.07) is 0. The van der Waals surface area contributed by atoms with Gasteiger partial charge >= 0.3 is 6.09 Å². The van der Waals surface area contributed by atoms with Crippen molar-refractivity contribution in [2.75, 3.05) is 26.7 Å². The van der Waals surface area contributed by atoms with Crippen LogP contribution in [0.3, 0.4) is 0 Å². The highest BCUT2D eigenvalue weighted by atomic mass is 16.7. The summed E-state index contributed by atoms with van der Waals surface area (Å²) in [5.41, 5.74) is 1.05. The number of carbonyl (C=O) groups excluding carboxylic acids is 3. The van der Waals surface area contributed by atoms with Crippen LogP contribution in [0.2, 0.25) is 0 Å². The SMILES string of the molecule is C=C/C=C(\C=C/N(C)C(=O)ON1C(=O)CCC1=O)CCCCCN(CC)CC. The standard InChI is InChI=1S/C21H33N3O4/c1-5-11-18(12-9-8-10-16-23(6-2)7-3)15-17-22(4)21(27)28-24-19(25)13-14-20(24)26/h5,11,15,17H,1,6-10,12-14,16H2,2-4H3/b17-15-,18-11-. The quantitative estimate of drug-likeness (QED) is 0.289. The second-order valence-corrected chi connectivity index (χ2v) is 6.68. The van der Waals surface area contributed by atoms with Gasteiger partial charge in [0, 0.05) is 26.1 Å². The van der Waals surface area contributed by atoms with E-state index >= 15 is 0 Å². The van der Waals surface area contributed by atoms with Crippen molar-refractivity contribution in [3.05, 3.63) is 36.6 Å². The van der Waals surface area contributed by atoms with Crippen LogP contribution in [0.4, 0.5) is 4.79 Å². The Morgan fingerprint density at radius 1 is 1.14 bits per heavy atom. The number of unbranched alkanes of at least 4 members (excludes halogenated alkanes) is 2. The van der Waals surface area contributed by atoms with Gasteiger partial charge in [0.25, 0.3) is 11.8 Å². The van der Waals surface area contributed by atoms with E-state index in [-0.39, 0.29) is 12.8 Å². The van der Waals surface area contributed by atoms with Gasteiger partial charge in [-0.05, 0) is 50.5 Å². The second-order valence-electron chi connectivity index (χ2n) is 6.68. The molecule has 0 unspecified atom stereocenters. The first-order chi connectivity index (χ1) is 13.4. The van der Waals surface area contributed by atoms with Crippen LogP contribution >= 0.6 is 0 Å². The molecule has 0 saturated carbocycles. The smallest absolute Gasteiger partial charge is 0.310 e. The molecular formula is C21H33N3O4. The summed E-state index contributed by atoms with van der Waals surface area (Å²) in [5.74, 6) is -0.986. The molecule has 0 aromatic heterocycles. The van der Waals surface area contributed by atoms with Crippen LogP contribution < -0.4 is 0 Å². The lowest BCUT2D eigenvalue weighted by Gasteiger charge is -2.17. The number of amides is 3. The van der Waals surface area contributed by atoms with Crippen molar-refractivity contribution in [1.82, 2.24) is 14.9 Å². The molecule has 1 saturated heterocycles. The third-order valence-electron chi connectivity index (χ3n) is 4.64. The van der Waals surface area contributed by atoms with Gasteiger partial charge in [-0.1, -0.05) is 39.0 Å². The molecule has 3 amide bonds. The predicted molar refractivity (Wildman–Crippen MR) is 109 cm³/mol. The lowest BCUT2D eigenvalue weighted by atomic mass is 10.1. The minimum Gasteiger partial charge on any atom is -0.310 e. The maximum Gasteiger partial charge on any atom is 0.438 e. The number of hydrogen-bond donors (Lipinski definition) is 0. The zero-order chi connectivity index (χ0) is 20.9. The molecule has 1 heterocycles. The first-order valence-electron chi connectivity index (χ1n) is 9.95. The molecule has 1 aliphatic rings. The van der Waals surface area contributed by atoms with Crippen LogP contribution in [-0.4, -0.2) is 59.5 Å². The number of hydrogen-bond acceptors (Lipinski definition) is 5. The Labute approximate surface area is 168 Å². The molecule has 0 atom stereocenters. The number of rotatable bonds is 12. The molecule has 0 aromatic carbocycles. The Kier molecular flexibility index (Phi) is 10.9. The van der Waals surface area contributed by atoms with Crippen molar-refractivity contribution >= 4 is 17.9 Å². The van der Waals surface area contributed by atoms with Crippen molar-refractivity contribution in [2.45, 2.75) is 52.4 Å². The molecule has 1 rings (SSSR count). The zero-order valence-electron chi connectivity index (χ0n) is 17.4. The molecule has 156 valence electrons. The van der Waals surface area contributed by atoms with Gasteiger partial charge in [0.2, 0.25) is 0 Å². The Bertz CT molecular complexity index is 593. The van der Waals surface area contributed by atoms with E-state index in [9.17, 15) is 14.4 Å². The van der Waals surface area contributed by atoms with E-state index in [0.717, 1.165) is 50.9 Å². The predicted octanol–water partition coefficient (Wildman–Crippen LogP) is 3.65. The van der Waals surface area contributed by atoms with Crippen LogP contribution in [0.1, 0.15) is 52.4 Å². The monoisotopic (exact) mass is 391 g/mol. The molecule has 28 heavy (non-hydrogen) atoms. The molecule has 0 N–H and O–H groups in total.